The fourth-order valence-electron chi connectivity index (χ4n) is 4.85. The van der Waals surface area contributed by atoms with Crippen molar-refractivity contribution >= 4 is 11.9 Å². The van der Waals surface area contributed by atoms with Crippen molar-refractivity contribution in [3.05, 3.63) is 71.8 Å². The average molecular weight is 362 g/mol. The van der Waals surface area contributed by atoms with E-state index in [0.29, 0.717) is 0 Å². The van der Waals surface area contributed by atoms with E-state index in [4.69, 9.17) is 0 Å². The molecule has 2 aromatic rings. The number of nitrogens with zero attached hydrogens (tertiary/aromatic N) is 1. The van der Waals surface area contributed by atoms with Crippen LogP contribution in [-0.2, 0) is 9.59 Å². The Balaban J connectivity index is 1.73. The monoisotopic (exact) mass is 362 g/mol. The summed E-state index contributed by atoms with van der Waals surface area (Å²) in [5, 5.41) is 12.1. The van der Waals surface area contributed by atoms with Gasteiger partial charge in [0.2, 0.25) is 5.91 Å². The zero-order chi connectivity index (χ0) is 18.8. The molecule has 4 heteroatoms. The Labute approximate surface area is 159 Å². The summed E-state index contributed by atoms with van der Waals surface area (Å²) in [6, 6.07) is 19.1. The molecule has 4 rings (SSSR count). The SMILES string of the molecule is O=C([O-])C1[C@@H](c2ccccc2)C(C(=O)N2CCCCC2)[C@@H]1c1ccccc1. The third-order valence-electron chi connectivity index (χ3n) is 6.14. The fourth-order valence-corrected chi connectivity index (χ4v) is 4.85. The lowest BCUT2D eigenvalue weighted by atomic mass is 9.52. The Hall–Kier alpha value is -2.62. The predicted molar refractivity (Wildman–Crippen MR) is 101 cm³/mol. The van der Waals surface area contributed by atoms with Gasteiger partial charge in [0.25, 0.3) is 0 Å². The maximum atomic E-state index is 13.4. The van der Waals surface area contributed by atoms with Crippen molar-refractivity contribution in [2.24, 2.45) is 11.8 Å². The van der Waals surface area contributed by atoms with Crippen LogP contribution in [0.4, 0.5) is 0 Å². The van der Waals surface area contributed by atoms with Crippen molar-refractivity contribution in [2.45, 2.75) is 31.1 Å². The van der Waals surface area contributed by atoms with E-state index in [1.165, 1.54) is 0 Å². The van der Waals surface area contributed by atoms with Crippen molar-refractivity contribution < 1.29 is 14.7 Å². The lowest BCUT2D eigenvalue weighted by Crippen LogP contribution is -2.58. The first kappa shape index (κ1) is 17.8. The number of aliphatic carboxylic acids is 1. The summed E-state index contributed by atoms with van der Waals surface area (Å²) in [6.45, 7) is 1.54. The highest BCUT2D eigenvalue weighted by atomic mass is 16.4. The summed E-state index contributed by atoms with van der Waals surface area (Å²) in [6.07, 6.45) is 3.20. The fraction of sp³-hybridized carbons (Fsp3) is 0.391. The molecule has 1 saturated heterocycles. The van der Waals surface area contributed by atoms with Crippen molar-refractivity contribution in [1.82, 2.24) is 4.90 Å². The van der Waals surface area contributed by atoms with E-state index in [-0.39, 0.29) is 23.7 Å². The van der Waals surface area contributed by atoms with Crippen LogP contribution in [0.5, 0.6) is 0 Å². The van der Waals surface area contributed by atoms with Crippen LogP contribution < -0.4 is 5.11 Å². The smallest absolute Gasteiger partial charge is 0.226 e. The average Bonchev–Trinajstić information content (AvgIpc) is 2.69. The third kappa shape index (κ3) is 3.25. The number of rotatable bonds is 4. The molecule has 2 fully saturated rings. The highest BCUT2D eigenvalue weighted by Gasteiger charge is 2.56. The van der Waals surface area contributed by atoms with Gasteiger partial charge in [-0.3, -0.25) is 4.79 Å². The van der Waals surface area contributed by atoms with Gasteiger partial charge in [0, 0.05) is 36.8 Å². The molecule has 0 spiro atoms. The van der Waals surface area contributed by atoms with E-state index in [1.807, 2.05) is 65.6 Å². The number of amides is 1. The maximum Gasteiger partial charge on any atom is 0.226 e. The Morgan fingerprint density at radius 1 is 0.741 bits per heavy atom. The number of benzene rings is 2. The number of carboxylic acids is 1. The Bertz CT molecular complexity index is 751. The second-order valence-electron chi connectivity index (χ2n) is 7.63. The van der Waals surface area contributed by atoms with Crippen LogP contribution in [0.1, 0.15) is 42.2 Å². The quantitative estimate of drug-likeness (QED) is 0.840. The molecule has 1 aliphatic heterocycles. The third-order valence-corrected chi connectivity index (χ3v) is 6.14. The van der Waals surface area contributed by atoms with Crippen LogP contribution in [-0.4, -0.2) is 29.9 Å². The molecule has 27 heavy (non-hydrogen) atoms. The molecule has 2 aliphatic rings. The molecule has 0 unspecified atom stereocenters. The molecule has 1 heterocycles. The molecule has 1 amide bonds. The van der Waals surface area contributed by atoms with Gasteiger partial charge in [-0.2, -0.15) is 0 Å². The molecule has 2 aromatic carbocycles. The Morgan fingerprint density at radius 3 is 1.67 bits per heavy atom. The normalized spacial score (nSPS) is 27.6. The van der Waals surface area contributed by atoms with Gasteiger partial charge in [0.05, 0.1) is 5.92 Å². The number of piperidine rings is 1. The Kier molecular flexibility index (Phi) is 4.97. The van der Waals surface area contributed by atoms with E-state index in [9.17, 15) is 14.7 Å². The molecule has 2 atom stereocenters. The minimum Gasteiger partial charge on any atom is -0.550 e. The van der Waals surface area contributed by atoms with Crippen LogP contribution in [0.25, 0.3) is 0 Å². The van der Waals surface area contributed by atoms with Crippen molar-refractivity contribution in [3.63, 3.8) is 0 Å². The summed E-state index contributed by atoms with van der Waals surface area (Å²) < 4.78 is 0. The van der Waals surface area contributed by atoms with Gasteiger partial charge in [0.15, 0.2) is 0 Å². The van der Waals surface area contributed by atoms with E-state index < -0.39 is 11.9 Å². The number of hydrogen-bond acceptors (Lipinski definition) is 3. The minimum atomic E-state index is -1.07. The summed E-state index contributed by atoms with van der Waals surface area (Å²) >= 11 is 0. The Morgan fingerprint density at radius 2 is 1.22 bits per heavy atom. The van der Waals surface area contributed by atoms with Crippen LogP contribution in [0.3, 0.4) is 0 Å². The number of carbonyl (C=O) groups excluding carboxylic acids is 2. The second-order valence-corrected chi connectivity index (χ2v) is 7.63. The van der Waals surface area contributed by atoms with E-state index in [1.54, 1.807) is 0 Å². The van der Waals surface area contributed by atoms with Crippen molar-refractivity contribution in [2.75, 3.05) is 13.1 Å². The first-order valence-corrected chi connectivity index (χ1v) is 9.78. The molecule has 140 valence electrons. The standard InChI is InChI=1S/C23H25NO3/c25-22(24-14-8-3-9-15-24)20-18(16-10-4-1-5-11-16)21(23(26)27)19(20)17-12-6-2-7-13-17/h1-2,4-7,10-13,18-21H,3,8-9,14-15H2,(H,26,27)/p-1/t18-,19-,20?,21?/m0/s1. The maximum absolute atomic E-state index is 13.4. The van der Waals surface area contributed by atoms with Gasteiger partial charge in [-0.1, -0.05) is 60.7 Å². The lowest BCUT2D eigenvalue weighted by Gasteiger charge is -2.53. The van der Waals surface area contributed by atoms with Gasteiger partial charge >= 0.3 is 0 Å². The van der Waals surface area contributed by atoms with Crippen molar-refractivity contribution in [1.29, 1.82) is 0 Å². The van der Waals surface area contributed by atoms with Gasteiger partial charge in [-0.25, -0.2) is 0 Å². The van der Waals surface area contributed by atoms with Crippen LogP contribution in [0.15, 0.2) is 60.7 Å². The van der Waals surface area contributed by atoms with Gasteiger partial charge in [-0.15, -0.1) is 0 Å². The van der Waals surface area contributed by atoms with E-state index in [0.717, 1.165) is 43.5 Å². The van der Waals surface area contributed by atoms with Gasteiger partial charge in [0.1, 0.15) is 0 Å². The van der Waals surface area contributed by atoms with E-state index in [2.05, 4.69) is 0 Å². The number of hydrogen-bond donors (Lipinski definition) is 0. The highest BCUT2D eigenvalue weighted by molar-refractivity contribution is 5.87. The predicted octanol–water partition coefficient (Wildman–Crippen LogP) is 2.56. The molecule has 4 nitrogen and oxygen atoms in total. The van der Waals surface area contributed by atoms with Gasteiger partial charge in [-0.05, 0) is 30.4 Å². The summed E-state index contributed by atoms with van der Waals surface area (Å²) in [4.78, 5) is 27.4. The molecule has 0 radical (unpaired) electrons. The number of carboxylic acid groups (broad SMARTS) is 1. The molecule has 0 aromatic heterocycles. The largest absolute Gasteiger partial charge is 0.550 e. The molecule has 0 N–H and O–H groups in total. The highest BCUT2D eigenvalue weighted by Crippen LogP contribution is 2.57. The van der Waals surface area contributed by atoms with Crippen LogP contribution >= 0.6 is 0 Å². The van der Waals surface area contributed by atoms with Crippen LogP contribution in [0.2, 0.25) is 0 Å². The molecular weight excluding hydrogens is 338 g/mol. The number of likely N-dealkylation sites (tertiary alicyclic amines) is 1. The topological polar surface area (TPSA) is 60.4 Å². The summed E-state index contributed by atoms with van der Waals surface area (Å²) in [5.74, 6) is -2.69. The first-order valence-electron chi connectivity index (χ1n) is 9.78. The molecule has 1 aliphatic carbocycles. The van der Waals surface area contributed by atoms with Crippen molar-refractivity contribution in [3.8, 4) is 0 Å². The zero-order valence-corrected chi connectivity index (χ0v) is 15.3. The summed E-state index contributed by atoms with van der Waals surface area (Å²) in [7, 11) is 0. The molecular formula is C23H24NO3-. The second kappa shape index (κ2) is 7.55. The molecule has 0 bridgehead atoms. The molecule has 1 saturated carbocycles. The number of carbonyl (C=O) groups is 2. The van der Waals surface area contributed by atoms with Crippen LogP contribution in [0, 0.1) is 11.8 Å². The van der Waals surface area contributed by atoms with E-state index >= 15 is 0 Å². The summed E-state index contributed by atoms with van der Waals surface area (Å²) in [5.41, 5.74) is 1.82. The minimum absolute atomic E-state index is 0.0925. The lowest BCUT2D eigenvalue weighted by molar-refractivity contribution is -0.317. The van der Waals surface area contributed by atoms with Gasteiger partial charge < -0.3 is 14.8 Å². The first-order chi connectivity index (χ1) is 13.2. The zero-order valence-electron chi connectivity index (χ0n) is 15.3.